The van der Waals surface area contributed by atoms with Crippen LogP contribution in [0.1, 0.15) is 13.8 Å². The van der Waals surface area contributed by atoms with Crippen LogP contribution < -0.4 is 20.9 Å². The largest absolute Gasteiger partial charge is 0.484 e. The number of hydrogen-bond acceptors (Lipinski definition) is 4. The van der Waals surface area contributed by atoms with E-state index in [1.54, 1.807) is 6.07 Å². The fraction of sp³-hybridized carbons (Fsp3) is 0.261. The molecule has 0 saturated heterocycles. The standard InChI is InChI=1S/C23H24FN3O5/c1-13(2)11-27-21(26(3)23(30)31)20(14-5-4-6-15(24)9-14)18-10-16(32-12-19(25)28)7-8-17(18)22(27)29/h4-10,13H,11-12H2,1-3H3,(H2,25,28)(H,30,31). The van der Waals surface area contributed by atoms with Gasteiger partial charge in [-0.05, 0) is 41.8 Å². The number of amides is 2. The summed E-state index contributed by atoms with van der Waals surface area (Å²) in [5.74, 6) is -0.777. The Bertz CT molecular complexity index is 1250. The van der Waals surface area contributed by atoms with Gasteiger partial charge in [-0.15, -0.1) is 0 Å². The zero-order valence-electron chi connectivity index (χ0n) is 18.0. The second kappa shape index (κ2) is 9.09. The first-order chi connectivity index (χ1) is 15.1. The van der Waals surface area contributed by atoms with Gasteiger partial charge in [-0.2, -0.15) is 0 Å². The number of anilines is 1. The van der Waals surface area contributed by atoms with Crippen LogP contribution in [0, 0.1) is 11.7 Å². The quantitative estimate of drug-likeness (QED) is 0.583. The molecular formula is C23H24FN3O5. The molecule has 9 heteroatoms. The lowest BCUT2D eigenvalue weighted by molar-refractivity contribution is -0.119. The average molecular weight is 441 g/mol. The summed E-state index contributed by atoms with van der Waals surface area (Å²) in [7, 11) is 1.33. The van der Waals surface area contributed by atoms with Crippen molar-refractivity contribution in [3.8, 4) is 16.9 Å². The lowest BCUT2D eigenvalue weighted by Gasteiger charge is -2.26. The third kappa shape index (κ3) is 4.56. The Morgan fingerprint density at radius 1 is 1.19 bits per heavy atom. The van der Waals surface area contributed by atoms with Crippen molar-refractivity contribution >= 4 is 28.6 Å². The van der Waals surface area contributed by atoms with Crippen LogP contribution in [0.4, 0.5) is 15.0 Å². The van der Waals surface area contributed by atoms with E-state index in [4.69, 9.17) is 10.5 Å². The van der Waals surface area contributed by atoms with Crippen LogP contribution in [0.2, 0.25) is 0 Å². The van der Waals surface area contributed by atoms with Gasteiger partial charge in [0.2, 0.25) is 0 Å². The lowest BCUT2D eigenvalue weighted by atomic mass is 9.98. The molecule has 1 aromatic heterocycles. The Morgan fingerprint density at radius 3 is 2.50 bits per heavy atom. The van der Waals surface area contributed by atoms with E-state index in [9.17, 15) is 23.9 Å². The van der Waals surface area contributed by atoms with E-state index >= 15 is 0 Å². The van der Waals surface area contributed by atoms with E-state index in [0.717, 1.165) is 4.90 Å². The van der Waals surface area contributed by atoms with E-state index in [2.05, 4.69) is 0 Å². The first-order valence-electron chi connectivity index (χ1n) is 9.94. The summed E-state index contributed by atoms with van der Waals surface area (Å²) in [5.41, 5.74) is 5.50. The molecule has 8 nitrogen and oxygen atoms in total. The van der Waals surface area contributed by atoms with Crippen molar-refractivity contribution in [2.45, 2.75) is 20.4 Å². The number of pyridine rings is 1. The summed E-state index contributed by atoms with van der Waals surface area (Å²) in [6.45, 7) is 3.70. The summed E-state index contributed by atoms with van der Waals surface area (Å²) in [6.07, 6.45) is -1.28. The zero-order chi connectivity index (χ0) is 23.6. The van der Waals surface area contributed by atoms with Crippen LogP contribution in [0.5, 0.6) is 5.75 Å². The fourth-order valence-electron chi connectivity index (χ4n) is 3.56. The number of hydrogen-bond donors (Lipinski definition) is 2. The van der Waals surface area contributed by atoms with Gasteiger partial charge in [-0.1, -0.05) is 26.0 Å². The Labute approximate surface area is 183 Å². The molecule has 0 bridgehead atoms. The van der Waals surface area contributed by atoms with Crippen LogP contribution in [0.15, 0.2) is 47.3 Å². The molecule has 3 N–H and O–H groups in total. The van der Waals surface area contributed by atoms with Crippen LogP contribution in [0.25, 0.3) is 21.9 Å². The van der Waals surface area contributed by atoms with Gasteiger partial charge in [-0.3, -0.25) is 19.1 Å². The number of fused-ring (bicyclic) bond motifs is 1. The normalized spacial score (nSPS) is 11.0. The molecule has 168 valence electrons. The molecule has 0 atom stereocenters. The summed E-state index contributed by atoms with van der Waals surface area (Å²) >= 11 is 0. The number of carbonyl (C=O) groups is 2. The zero-order valence-corrected chi connectivity index (χ0v) is 18.0. The predicted octanol–water partition coefficient (Wildman–Crippen LogP) is 3.44. The van der Waals surface area contributed by atoms with Gasteiger partial charge < -0.3 is 15.6 Å². The minimum Gasteiger partial charge on any atom is -0.484 e. The molecule has 3 rings (SSSR count). The van der Waals surface area contributed by atoms with Gasteiger partial charge in [0.15, 0.2) is 6.61 Å². The number of nitrogens with zero attached hydrogens (tertiary/aromatic N) is 2. The second-order valence-electron chi connectivity index (χ2n) is 7.82. The number of rotatable bonds is 7. The number of carbonyl (C=O) groups excluding carboxylic acids is 1. The predicted molar refractivity (Wildman–Crippen MR) is 120 cm³/mol. The molecule has 0 aliphatic carbocycles. The number of carboxylic acid groups (broad SMARTS) is 1. The van der Waals surface area contributed by atoms with E-state index in [-0.39, 0.29) is 30.6 Å². The number of aromatic nitrogens is 1. The number of benzene rings is 2. The highest BCUT2D eigenvalue weighted by atomic mass is 19.1. The summed E-state index contributed by atoms with van der Waals surface area (Å²) in [6, 6.07) is 10.3. The topological polar surface area (TPSA) is 115 Å². The Balaban J connectivity index is 2.47. The summed E-state index contributed by atoms with van der Waals surface area (Å²) in [4.78, 5) is 37.4. The van der Waals surface area contributed by atoms with Crippen molar-refractivity contribution < 1.29 is 23.8 Å². The van der Waals surface area contributed by atoms with Gasteiger partial charge in [0.25, 0.3) is 11.5 Å². The maximum absolute atomic E-state index is 14.1. The first-order valence-corrected chi connectivity index (χ1v) is 9.94. The minimum absolute atomic E-state index is 0.0321. The van der Waals surface area contributed by atoms with E-state index < -0.39 is 23.4 Å². The van der Waals surface area contributed by atoms with Crippen molar-refractivity contribution in [1.82, 2.24) is 4.57 Å². The highest BCUT2D eigenvalue weighted by Gasteiger charge is 2.25. The number of halogens is 1. The van der Waals surface area contributed by atoms with Crippen molar-refractivity contribution in [3.05, 3.63) is 58.6 Å². The van der Waals surface area contributed by atoms with Crippen molar-refractivity contribution in [2.75, 3.05) is 18.6 Å². The van der Waals surface area contributed by atoms with Gasteiger partial charge >= 0.3 is 6.09 Å². The number of primary amides is 1. The van der Waals surface area contributed by atoms with Gasteiger partial charge in [0.05, 0.1) is 0 Å². The number of ether oxygens (including phenoxy) is 1. The second-order valence-corrected chi connectivity index (χ2v) is 7.82. The van der Waals surface area contributed by atoms with E-state index in [0.29, 0.717) is 21.9 Å². The van der Waals surface area contributed by atoms with Crippen molar-refractivity contribution in [2.24, 2.45) is 11.7 Å². The van der Waals surface area contributed by atoms with Crippen LogP contribution in [0.3, 0.4) is 0 Å². The Morgan fingerprint density at radius 2 is 1.91 bits per heavy atom. The molecule has 2 aromatic carbocycles. The lowest BCUT2D eigenvalue weighted by Crippen LogP contribution is -2.34. The van der Waals surface area contributed by atoms with Crippen molar-refractivity contribution in [3.63, 3.8) is 0 Å². The number of nitrogens with two attached hydrogens (primary N) is 1. The molecule has 0 aliphatic rings. The molecule has 1 heterocycles. The fourth-order valence-corrected chi connectivity index (χ4v) is 3.56. The van der Waals surface area contributed by atoms with Gasteiger partial charge in [-0.25, -0.2) is 9.18 Å². The highest BCUT2D eigenvalue weighted by molar-refractivity contribution is 6.05. The Kier molecular flexibility index (Phi) is 6.47. The molecule has 0 radical (unpaired) electrons. The Hall–Kier alpha value is -3.88. The molecule has 32 heavy (non-hydrogen) atoms. The molecule has 0 unspecified atom stereocenters. The van der Waals surface area contributed by atoms with Crippen LogP contribution in [-0.4, -0.2) is 35.3 Å². The summed E-state index contributed by atoms with van der Waals surface area (Å²) < 4.78 is 20.9. The molecule has 0 aliphatic heterocycles. The summed E-state index contributed by atoms with van der Waals surface area (Å²) in [5, 5.41) is 10.4. The first kappa shape index (κ1) is 22.8. The smallest absolute Gasteiger partial charge is 0.412 e. The van der Waals surface area contributed by atoms with Crippen molar-refractivity contribution in [1.29, 1.82) is 0 Å². The molecule has 3 aromatic rings. The SMILES string of the molecule is CC(C)Cn1c(N(C)C(=O)O)c(-c2cccc(F)c2)c2cc(OCC(N)=O)ccc2c1=O. The molecule has 0 saturated carbocycles. The minimum atomic E-state index is -1.28. The molecule has 0 spiro atoms. The monoisotopic (exact) mass is 441 g/mol. The van der Waals surface area contributed by atoms with Crippen LogP contribution in [-0.2, 0) is 11.3 Å². The van der Waals surface area contributed by atoms with Gasteiger partial charge in [0, 0.05) is 29.9 Å². The van der Waals surface area contributed by atoms with Gasteiger partial charge in [0.1, 0.15) is 17.4 Å². The maximum Gasteiger partial charge on any atom is 0.412 e. The van der Waals surface area contributed by atoms with E-state index in [1.165, 1.54) is 48.0 Å². The molecular weight excluding hydrogens is 417 g/mol. The maximum atomic E-state index is 14.1. The third-order valence-corrected chi connectivity index (χ3v) is 4.86. The highest BCUT2D eigenvalue weighted by Crippen LogP contribution is 2.38. The van der Waals surface area contributed by atoms with Crippen LogP contribution >= 0.6 is 0 Å². The third-order valence-electron chi connectivity index (χ3n) is 4.86. The average Bonchev–Trinajstić information content (AvgIpc) is 2.72. The molecule has 2 amide bonds. The van der Waals surface area contributed by atoms with E-state index in [1.807, 2.05) is 13.8 Å². The molecule has 0 fully saturated rings.